The number of carbonyl (C=O) groups excluding carboxylic acids is 1. The van der Waals surface area contributed by atoms with Gasteiger partial charge in [0.15, 0.2) is 0 Å². The molecule has 0 unspecified atom stereocenters. The second kappa shape index (κ2) is 7.61. The molecule has 1 aliphatic carbocycles. The van der Waals surface area contributed by atoms with Crippen molar-refractivity contribution in [3.8, 4) is 0 Å². The first-order valence-corrected chi connectivity index (χ1v) is 8.36. The van der Waals surface area contributed by atoms with Gasteiger partial charge in [-0.1, -0.05) is 57.4 Å². The molecule has 0 bridgehead atoms. The molecule has 0 spiro atoms. The van der Waals surface area contributed by atoms with Gasteiger partial charge in [0.05, 0.1) is 0 Å². The lowest BCUT2D eigenvalue weighted by Crippen LogP contribution is -2.23. The SMILES string of the molecule is CCCCCc1ccc([C@@H]2CC[C@@H](CC)CC2=O)cc1. The highest BCUT2D eigenvalue weighted by atomic mass is 16.1. The monoisotopic (exact) mass is 272 g/mol. The third kappa shape index (κ3) is 3.94. The highest BCUT2D eigenvalue weighted by Crippen LogP contribution is 2.34. The molecule has 0 radical (unpaired) electrons. The van der Waals surface area contributed by atoms with Gasteiger partial charge in [-0.2, -0.15) is 0 Å². The summed E-state index contributed by atoms with van der Waals surface area (Å²) in [6, 6.07) is 8.83. The first-order valence-electron chi connectivity index (χ1n) is 8.36. The summed E-state index contributed by atoms with van der Waals surface area (Å²) < 4.78 is 0. The molecule has 1 nitrogen and oxygen atoms in total. The zero-order valence-corrected chi connectivity index (χ0v) is 13.0. The van der Waals surface area contributed by atoms with E-state index in [0.29, 0.717) is 11.7 Å². The Balaban J connectivity index is 1.94. The van der Waals surface area contributed by atoms with E-state index in [4.69, 9.17) is 0 Å². The van der Waals surface area contributed by atoms with Crippen molar-refractivity contribution >= 4 is 5.78 Å². The Hall–Kier alpha value is -1.11. The maximum Gasteiger partial charge on any atom is 0.140 e. The third-order valence-electron chi connectivity index (χ3n) is 4.77. The number of carbonyl (C=O) groups is 1. The van der Waals surface area contributed by atoms with Crippen LogP contribution in [0.5, 0.6) is 0 Å². The third-order valence-corrected chi connectivity index (χ3v) is 4.77. The van der Waals surface area contributed by atoms with E-state index in [1.807, 2.05) is 0 Å². The Morgan fingerprint density at radius 1 is 1.05 bits per heavy atom. The van der Waals surface area contributed by atoms with Gasteiger partial charge in [-0.05, 0) is 42.7 Å². The van der Waals surface area contributed by atoms with E-state index >= 15 is 0 Å². The summed E-state index contributed by atoms with van der Waals surface area (Å²) in [6.45, 7) is 4.44. The van der Waals surface area contributed by atoms with Crippen LogP contribution in [-0.4, -0.2) is 5.78 Å². The van der Waals surface area contributed by atoms with Crippen LogP contribution in [0.1, 0.15) is 75.8 Å². The van der Waals surface area contributed by atoms with Crippen molar-refractivity contribution in [3.63, 3.8) is 0 Å². The van der Waals surface area contributed by atoms with Crippen LogP contribution < -0.4 is 0 Å². The van der Waals surface area contributed by atoms with Crippen LogP contribution in [0.15, 0.2) is 24.3 Å². The average Bonchev–Trinajstić information content (AvgIpc) is 2.48. The molecule has 1 aromatic carbocycles. The first kappa shape index (κ1) is 15.3. The number of ketones is 1. The van der Waals surface area contributed by atoms with E-state index in [1.165, 1.54) is 43.2 Å². The summed E-state index contributed by atoms with van der Waals surface area (Å²) in [5.41, 5.74) is 2.65. The highest BCUT2D eigenvalue weighted by Gasteiger charge is 2.28. The van der Waals surface area contributed by atoms with Crippen LogP contribution in [-0.2, 0) is 11.2 Å². The number of rotatable bonds is 6. The van der Waals surface area contributed by atoms with Gasteiger partial charge in [0.2, 0.25) is 0 Å². The van der Waals surface area contributed by atoms with Crippen molar-refractivity contribution < 1.29 is 4.79 Å². The van der Waals surface area contributed by atoms with E-state index in [2.05, 4.69) is 38.1 Å². The maximum absolute atomic E-state index is 12.3. The molecule has 20 heavy (non-hydrogen) atoms. The van der Waals surface area contributed by atoms with Gasteiger partial charge < -0.3 is 0 Å². The van der Waals surface area contributed by atoms with Crippen LogP contribution in [0.4, 0.5) is 0 Å². The number of hydrogen-bond donors (Lipinski definition) is 0. The normalized spacial score (nSPS) is 23.0. The fraction of sp³-hybridized carbons (Fsp3) is 0.632. The second-order valence-corrected chi connectivity index (χ2v) is 6.27. The summed E-state index contributed by atoms with van der Waals surface area (Å²) in [6.07, 6.45) is 9.22. The van der Waals surface area contributed by atoms with Crippen molar-refractivity contribution in [2.75, 3.05) is 0 Å². The smallest absolute Gasteiger partial charge is 0.140 e. The minimum Gasteiger partial charge on any atom is -0.299 e. The molecule has 1 aliphatic rings. The standard InChI is InChI=1S/C19H28O/c1-3-5-6-7-16-8-11-17(12-9-16)18-13-10-15(4-2)14-19(18)20/h8-9,11-12,15,18H,3-7,10,13-14H2,1-2H3/t15-,18+/m1/s1. The van der Waals surface area contributed by atoms with Gasteiger partial charge in [0.25, 0.3) is 0 Å². The molecular formula is C19H28O. The minimum atomic E-state index is 0.169. The molecule has 1 aromatic rings. The van der Waals surface area contributed by atoms with E-state index in [-0.39, 0.29) is 5.92 Å². The zero-order valence-electron chi connectivity index (χ0n) is 13.0. The Bertz CT molecular complexity index is 418. The van der Waals surface area contributed by atoms with E-state index < -0.39 is 0 Å². The molecule has 0 aliphatic heterocycles. The topological polar surface area (TPSA) is 17.1 Å². The molecule has 2 atom stereocenters. The molecule has 0 saturated heterocycles. The van der Waals surface area contributed by atoms with Gasteiger partial charge >= 0.3 is 0 Å². The summed E-state index contributed by atoms with van der Waals surface area (Å²) >= 11 is 0. The molecule has 110 valence electrons. The molecule has 1 heteroatoms. The fourth-order valence-corrected chi connectivity index (χ4v) is 3.29. The molecule has 1 saturated carbocycles. The van der Waals surface area contributed by atoms with Crippen LogP contribution in [0.3, 0.4) is 0 Å². The van der Waals surface area contributed by atoms with E-state index in [9.17, 15) is 4.79 Å². The summed E-state index contributed by atoms with van der Waals surface area (Å²) in [5.74, 6) is 1.26. The molecule has 0 heterocycles. The molecule has 0 N–H and O–H groups in total. The Labute approximate surface area is 123 Å². The van der Waals surface area contributed by atoms with E-state index in [1.54, 1.807) is 0 Å². The maximum atomic E-state index is 12.3. The molecule has 2 rings (SSSR count). The van der Waals surface area contributed by atoms with E-state index in [0.717, 1.165) is 19.3 Å². The quantitative estimate of drug-likeness (QED) is 0.644. The number of hydrogen-bond acceptors (Lipinski definition) is 1. The molecule has 1 fully saturated rings. The summed E-state index contributed by atoms with van der Waals surface area (Å²) in [7, 11) is 0. The lowest BCUT2D eigenvalue weighted by atomic mass is 9.77. The predicted octanol–water partition coefficient (Wildman–Crippen LogP) is 5.28. The van der Waals surface area contributed by atoms with Gasteiger partial charge in [-0.25, -0.2) is 0 Å². The fourth-order valence-electron chi connectivity index (χ4n) is 3.29. The second-order valence-electron chi connectivity index (χ2n) is 6.27. The van der Waals surface area contributed by atoms with Gasteiger partial charge in [0, 0.05) is 12.3 Å². The average molecular weight is 272 g/mol. The number of aryl methyl sites for hydroxylation is 1. The van der Waals surface area contributed by atoms with Gasteiger partial charge in [0.1, 0.15) is 5.78 Å². The summed E-state index contributed by atoms with van der Waals surface area (Å²) in [5, 5.41) is 0. The lowest BCUT2D eigenvalue weighted by Gasteiger charge is -2.27. The minimum absolute atomic E-state index is 0.169. The molecule has 0 aromatic heterocycles. The zero-order chi connectivity index (χ0) is 14.4. The molecule has 0 amide bonds. The Morgan fingerprint density at radius 3 is 2.40 bits per heavy atom. The number of unbranched alkanes of at least 4 members (excludes halogenated alkanes) is 2. The van der Waals surface area contributed by atoms with Gasteiger partial charge in [-0.3, -0.25) is 4.79 Å². The van der Waals surface area contributed by atoms with Crippen molar-refractivity contribution in [2.45, 2.75) is 71.1 Å². The van der Waals surface area contributed by atoms with Gasteiger partial charge in [-0.15, -0.1) is 0 Å². The van der Waals surface area contributed by atoms with Crippen molar-refractivity contribution in [1.82, 2.24) is 0 Å². The van der Waals surface area contributed by atoms with Crippen LogP contribution >= 0.6 is 0 Å². The van der Waals surface area contributed by atoms with Crippen molar-refractivity contribution in [1.29, 1.82) is 0 Å². The largest absolute Gasteiger partial charge is 0.299 e. The Kier molecular flexibility index (Phi) is 5.82. The van der Waals surface area contributed by atoms with Crippen molar-refractivity contribution in [3.05, 3.63) is 35.4 Å². The Morgan fingerprint density at radius 2 is 1.80 bits per heavy atom. The number of Topliss-reactive ketones (excluding diaryl/α,β-unsaturated/α-hetero) is 1. The lowest BCUT2D eigenvalue weighted by molar-refractivity contribution is -0.123. The van der Waals surface area contributed by atoms with Crippen LogP contribution in [0.2, 0.25) is 0 Å². The van der Waals surface area contributed by atoms with Crippen LogP contribution in [0.25, 0.3) is 0 Å². The summed E-state index contributed by atoms with van der Waals surface area (Å²) in [4.78, 5) is 12.3. The predicted molar refractivity (Wildman–Crippen MR) is 85.1 cm³/mol. The van der Waals surface area contributed by atoms with Crippen molar-refractivity contribution in [2.24, 2.45) is 5.92 Å². The van der Waals surface area contributed by atoms with Crippen LogP contribution in [0, 0.1) is 5.92 Å². The first-order chi connectivity index (χ1) is 9.74. The highest BCUT2D eigenvalue weighted by molar-refractivity contribution is 5.86. The molecular weight excluding hydrogens is 244 g/mol. The number of benzene rings is 1.